The van der Waals surface area contributed by atoms with E-state index in [1.54, 1.807) is 7.11 Å². The molecule has 0 unspecified atom stereocenters. The number of carbonyl (C=O) groups excluding carboxylic acids is 1. The van der Waals surface area contributed by atoms with E-state index >= 15 is 0 Å². The number of amides is 1. The summed E-state index contributed by atoms with van der Waals surface area (Å²) in [5.41, 5.74) is 1.04. The number of likely N-dealkylation sites (tertiary alicyclic amines) is 1. The van der Waals surface area contributed by atoms with Gasteiger partial charge in [-0.1, -0.05) is 37.3 Å². The lowest BCUT2D eigenvalue weighted by molar-refractivity contribution is -0.164. The Morgan fingerprint density at radius 1 is 1.04 bits per heavy atom. The minimum absolute atomic E-state index is 0.0449. The largest absolute Gasteiger partial charge is 0.497 e. The predicted molar refractivity (Wildman–Crippen MR) is 88.6 cm³/mol. The summed E-state index contributed by atoms with van der Waals surface area (Å²) >= 11 is 0. The molecule has 0 aromatic heterocycles. The molecule has 0 spiro atoms. The molecule has 1 fully saturated rings. The second kappa shape index (κ2) is 6.73. The van der Waals surface area contributed by atoms with Crippen LogP contribution in [0.15, 0.2) is 54.6 Å². The Morgan fingerprint density at radius 3 is 2.48 bits per heavy atom. The summed E-state index contributed by atoms with van der Waals surface area (Å²) in [5, 5.41) is 0. The van der Waals surface area contributed by atoms with Crippen LogP contribution in [0, 0.1) is 0 Å². The van der Waals surface area contributed by atoms with Gasteiger partial charge in [-0.05, 0) is 36.2 Å². The quantitative estimate of drug-likeness (QED) is 0.767. The van der Waals surface area contributed by atoms with Crippen molar-refractivity contribution < 1.29 is 14.3 Å². The molecule has 2 aromatic carbocycles. The summed E-state index contributed by atoms with van der Waals surface area (Å²) in [6, 6.07) is 17.3. The Balaban J connectivity index is 1.86. The third-order valence-corrected chi connectivity index (χ3v) is 4.06. The van der Waals surface area contributed by atoms with Crippen LogP contribution in [0.25, 0.3) is 0 Å². The van der Waals surface area contributed by atoms with E-state index in [0.29, 0.717) is 0 Å². The Hall–Kier alpha value is -2.49. The molecule has 0 aliphatic carbocycles. The lowest BCUT2D eigenvalue weighted by atomic mass is 9.90. The molecule has 4 nitrogen and oxygen atoms in total. The Bertz CT molecular complexity index is 671. The van der Waals surface area contributed by atoms with Crippen LogP contribution in [0.5, 0.6) is 11.5 Å². The molecule has 0 radical (unpaired) electrons. The highest BCUT2D eigenvalue weighted by Crippen LogP contribution is 2.38. The Kier molecular flexibility index (Phi) is 4.51. The van der Waals surface area contributed by atoms with Gasteiger partial charge >= 0.3 is 0 Å². The number of nitrogens with zero attached hydrogens (tertiary/aromatic N) is 1. The highest BCUT2D eigenvalue weighted by Gasteiger charge is 2.49. The van der Waals surface area contributed by atoms with Gasteiger partial charge in [0.15, 0.2) is 0 Å². The lowest BCUT2D eigenvalue weighted by Crippen LogP contribution is -2.61. The molecule has 2 atom stereocenters. The fourth-order valence-electron chi connectivity index (χ4n) is 2.95. The fourth-order valence-corrected chi connectivity index (χ4v) is 2.95. The molecule has 120 valence electrons. The molecule has 4 heteroatoms. The molecular formula is C19H21NO3. The van der Waals surface area contributed by atoms with Crippen molar-refractivity contribution in [3.63, 3.8) is 0 Å². The maximum absolute atomic E-state index is 12.5. The van der Waals surface area contributed by atoms with E-state index in [1.165, 1.54) is 0 Å². The summed E-state index contributed by atoms with van der Waals surface area (Å²) in [6.45, 7) is 2.80. The predicted octanol–water partition coefficient (Wildman–Crippen LogP) is 3.44. The number of benzene rings is 2. The minimum Gasteiger partial charge on any atom is -0.497 e. The van der Waals surface area contributed by atoms with Crippen molar-refractivity contribution in [3.8, 4) is 11.5 Å². The van der Waals surface area contributed by atoms with E-state index in [9.17, 15) is 4.79 Å². The molecule has 1 heterocycles. The van der Waals surface area contributed by atoms with Crippen LogP contribution in [-0.4, -0.2) is 30.6 Å². The van der Waals surface area contributed by atoms with Gasteiger partial charge in [-0.25, -0.2) is 0 Å². The number of hydrogen-bond donors (Lipinski definition) is 0. The van der Waals surface area contributed by atoms with Gasteiger partial charge in [-0.2, -0.15) is 0 Å². The fraction of sp³-hybridized carbons (Fsp3) is 0.316. The average molecular weight is 311 g/mol. The highest BCUT2D eigenvalue weighted by molar-refractivity contribution is 5.89. The molecule has 2 aromatic rings. The summed E-state index contributed by atoms with van der Waals surface area (Å²) < 4.78 is 11.3. The zero-order valence-corrected chi connectivity index (χ0v) is 13.4. The third kappa shape index (κ3) is 3.02. The van der Waals surface area contributed by atoms with Gasteiger partial charge in [0.1, 0.15) is 17.5 Å². The number of para-hydroxylation sites is 1. The summed E-state index contributed by atoms with van der Waals surface area (Å²) in [6.07, 6.45) is 0.445. The first-order valence-corrected chi connectivity index (χ1v) is 7.90. The first-order chi connectivity index (χ1) is 11.2. The number of rotatable bonds is 6. The Labute approximate surface area is 136 Å². The van der Waals surface area contributed by atoms with Gasteiger partial charge in [0.05, 0.1) is 7.11 Å². The van der Waals surface area contributed by atoms with Gasteiger partial charge in [-0.3, -0.25) is 4.79 Å². The van der Waals surface area contributed by atoms with Gasteiger partial charge in [0.25, 0.3) is 5.91 Å². The number of carbonyl (C=O) groups is 1. The maximum Gasteiger partial charge on any atom is 0.266 e. The number of hydrogen-bond acceptors (Lipinski definition) is 3. The number of methoxy groups -OCH3 is 1. The SMILES string of the molecule is CCCN1C(=O)[C@@H](Oc2ccccc2)[C@H]1c1cccc(OC)c1. The van der Waals surface area contributed by atoms with Crippen molar-refractivity contribution in [2.45, 2.75) is 25.5 Å². The van der Waals surface area contributed by atoms with E-state index in [4.69, 9.17) is 9.47 Å². The van der Waals surface area contributed by atoms with Crippen LogP contribution in [0.2, 0.25) is 0 Å². The molecule has 1 saturated heterocycles. The standard InChI is InChI=1S/C19H21NO3/c1-3-12-20-17(14-8-7-11-16(13-14)22-2)18(19(20)21)23-15-9-5-4-6-10-15/h4-11,13,17-18H,3,12H2,1-2H3/t17-,18+/m1/s1. The first kappa shape index (κ1) is 15.4. The molecule has 0 saturated carbocycles. The van der Waals surface area contributed by atoms with Crippen LogP contribution in [0.1, 0.15) is 24.9 Å². The van der Waals surface area contributed by atoms with Gasteiger partial charge in [0, 0.05) is 6.54 Å². The molecule has 0 bridgehead atoms. The zero-order chi connectivity index (χ0) is 16.2. The van der Waals surface area contributed by atoms with Gasteiger partial charge < -0.3 is 14.4 Å². The Morgan fingerprint density at radius 2 is 1.78 bits per heavy atom. The minimum atomic E-state index is -0.476. The summed E-state index contributed by atoms with van der Waals surface area (Å²) in [7, 11) is 1.65. The van der Waals surface area contributed by atoms with E-state index in [-0.39, 0.29) is 11.9 Å². The van der Waals surface area contributed by atoms with Crippen LogP contribution < -0.4 is 9.47 Å². The van der Waals surface area contributed by atoms with Crippen LogP contribution in [-0.2, 0) is 4.79 Å². The van der Waals surface area contributed by atoms with E-state index < -0.39 is 6.10 Å². The van der Waals surface area contributed by atoms with Gasteiger partial charge in [-0.15, -0.1) is 0 Å². The maximum atomic E-state index is 12.5. The topological polar surface area (TPSA) is 38.8 Å². The molecular weight excluding hydrogens is 290 g/mol. The van der Waals surface area contributed by atoms with Crippen molar-refractivity contribution in [3.05, 3.63) is 60.2 Å². The van der Waals surface area contributed by atoms with Crippen LogP contribution in [0.4, 0.5) is 0 Å². The van der Waals surface area contributed by atoms with Crippen molar-refractivity contribution in [1.82, 2.24) is 4.90 Å². The number of β-lactam (4-membered cyclic amide) rings is 1. The monoisotopic (exact) mass is 311 g/mol. The summed E-state index contributed by atoms with van der Waals surface area (Å²) in [4.78, 5) is 14.3. The third-order valence-electron chi connectivity index (χ3n) is 4.06. The van der Waals surface area contributed by atoms with Crippen molar-refractivity contribution >= 4 is 5.91 Å². The molecule has 3 rings (SSSR count). The molecule has 1 aliphatic heterocycles. The van der Waals surface area contributed by atoms with Crippen LogP contribution >= 0.6 is 0 Å². The molecule has 23 heavy (non-hydrogen) atoms. The van der Waals surface area contributed by atoms with E-state index in [1.807, 2.05) is 59.5 Å². The molecule has 1 aliphatic rings. The van der Waals surface area contributed by atoms with Crippen molar-refractivity contribution in [2.75, 3.05) is 13.7 Å². The highest BCUT2D eigenvalue weighted by atomic mass is 16.5. The van der Waals surface area contributed by atoms with Crippen molar-refractivity contribution in [1.29, 1.82) is 0 Å². The normalized spacial score (nSPS) is 20.1. The van der Waals surface area contributed by atoms with E-state index in [0.717, 1.165) is 30.0 Å². The molecule has 1 amide bonds. The van der Waals surface area contributed by atoms with E-state index in [2.05, 4.69) is 6.92 Å². The second-order valence-electron chi connectivity index (χ2n) is 5.60. The van der Waals surface area contributed by atoms with Gasteiger partial charge in [0.2, 0.25) is 6.10 Å². The van der Waals surface area contributed by atoms with Crippen molar-refractivity contribution in [2.24, 2.45) is 0 Å². The zero-order valence-electron chi connectivity index (χ0n) is 13.4. The van der Waals surface area contributed by atoms with Crippen LogP contribution in [0.3, 0.4) is 0 Å². The average Bonchev–Trinajstić information content (AvgIpc) is 2.61. The smallest absolute Gasteiger partial charge is 0.266 e. The molecule has 0 N–H and O–H groups in total. The first-order valence-electron chi connectivity index (χ1n) is 7.90. The second-order valence-corrected chi connectivity index (χ2v) is 5.60. The lowest BCUT2D eigenvalue weighted by Gasteiger charge is -2.46. The summed E-state index contributed by atoms with van der Waals surface area (Å²) in [5.74, 6) is 1.55. The number of ether oxygens (including phenoxy) is 2.